The van der Waals surface area contributed by atoms with E-state index in [1.807, 2.05) is 11.4 Å². The summed E-state index contributed by atoms with van der Waals surface area (Å²) < 4.78 is 4.25. The quantitative estimate of drug-likeness (QED) is 0.564. The Morgan fingerprint density at radius 3 is 2.65 bits per heavy atom. The maximum Gasteiger partial charge on any atom is 0.332 e. The van der Waals surface area contributed by atoms with E-state index in [-0.39, 0.29) is 5.56 Å². The molecule has 0 amide bonds. The summed E-state index contributed by atoms with van der Waals surface area (Å²) in [7, 11) is 3.07. The van der Waals surface area contributed by atoms with E-state index in [2.05, 4.69) is 10.3 Å². The van der Waals surface area contributed by atoms with E-state index in [1.54, 1.807) is 23.6 Å². The van der Waals surface area contributed by atoms with Gasteiger partial charge in [-0.05, 0) is 18.2 Å². The van der Waals surface area contributed by atoms with Gasteiger partial charge in [0.15, 0.2) is 16.1 Å². The van der Waals surface area contributed by atoms with Crippen molar-refractivity contribution in [1.29, 1.82) is 0 Å². The molecule has 0 fully saturated rings. The minimum atomic E-state index is -0.399. The van der Waals surface area contributed by atoms with E-state index < -0.39 is 5.69 Å². The molecule has 3 aromatic heterocycles. The summed E-state index contributed by atoms with van der Waals surface area (Å²) in [4.78, 5) is 29.8. The monoisotopic (exact) mass is 409 g/mol. The summed E-state index contributed by atoms with van der Waals surface area (Å²) in [6.07, 6.45) is 0. The molecule has 0 bridgehead atoms. The number of benzene rings is 1. The van der Waals surface area contributed by atoms with Gasteiger partial charge in [0.25, 0.3) is 5.56 Å². The van der Waals surface area contributed by atoms with Crippen molar-refractivity contribution >= 4 is 56.4 Å². The molecule has 0 aliphatic rings. The first-order valence-electron chi connectivity index (χ1n) is 7.62. The van der Waals surface area contributed by atoms with Crippen molar-refractivity contribution in [3.63, 3.8) is 0 Å². The molecule has 0 saturated heterocycles. The SMILES string of the molecule is Cn1c(=O)c2c(nc3scc(CNc4ccc(Cl)c(Cl)c4)n32)n(C)c1=O. The van der Waals surface area contributed by atoms with Crippen LogP contribution in [-0.4, -0.2) is 18.5 Å². The number of hydrogen-bond donors (Lipinski definition) is 1. The molecule has 0 aliphatic carbocycles. The maximum atomic E-state index is 12.6. The van der Waals surface area contributed by atoms with E-state index in [4.69, 9.17) is 23.2 Å². The van der Waals surface area contributed by atoms with Crippen LogP contribution in [0.15, 0.2) is 33.2 Å². The normalized spacial score (nSPS) is 11.5. The third-order valence-corrected chi connectivity index (χ3v) is 5.82. The number of aromatic nitrogens is 4. The average molecular weight is 410 g/mol. The third-order valence-electron chi connectivity index (χ3n) is 4.21. The molecule has 1 N–H and O–H groups in total. The summed E-state index contributed by atoms with van der Waals surface area (Å²) in [6, 6.07) is 5.28. The van der Waals surface area contributed by atoms with Gasteiger partial charge in [-0.2, -0.15) is 0 Å². The fraction of sp³-hybridized carbons (Fsp3) is 0.188. The van der Waals surface area contributed by atoms with Crippen molar-refractivity contribution in [2.75, 3.05) is 5.32 Å². The summed E-state index contributed by atoms with van der Waals surface area (Å²) >= 11 is 13.4. The predicted octanol–water partition coefficient (Wildman–Crippen LogP) is 2.87. The first kappa shape index (κ1) is 17.1. The van der Waals surface area contributed by atoms with Crippen LogP contribution in [0.2, 0.25) is 10.0 Å². The number of aryl methyl sites for hydroxylation is 1. The number of nitrogens with zero attached hydrogens (tertiary/aromatic N) is 4. The van der Waals surface area contributed by atoms with E-state index in [1.165, 1.54) is 23.0 Å². The molecular weight excluding hydrogens is 397 g/mol. The van der Waals surface area contributed by atoms with Crippen LogP contribution in [0.25, 0.3) is 16.1 Å². The standard InChI is InChI=1S/C16H13Cl2N5O2S/c1-21-13-12(14(24)22(2)16(21)25)23-9(7-26-15(23)20-13)6-19-8-3-4-10(17)11(18)5-8/h3-5,7,19H,6H2,1-2H3. The molecule has 0 aliphatic heterocycles. The zero-order valence-electron chi connectivity index (χ0n) is 13.8. The van der Waals surface area contributed by atoms with Crippen LogP contribution < -0.4 is 16.6 Å². The molecule has 3 heterocycles. The van der Waals surface area contributed by atoms with E-state index >= 15 is 0 Å². The van der Waals surface area contributed by atoms with Crippen LogP contribution in [-0.2, 0) is 20.6 Å². The lowest BCUT2D eigenvalue weighted by Crippen LogP contribution is -2.37. The Hall–Kier alpha value is -2.29. The molecule has 0 spiro atoms. The number of hydrogen-bond acceptors (Lipinski definition) is 5. The van der Waals surface area contributed by atoms with Gasteiger partial charge in [0.2, 0.25) is 0 Å². The van der Waals surface area contributed by atoms with Crippen molar-refractivity contribution in [3.05, 3.63) is 60.2 Å². The maximum absolute atomic E-state index is 12.6. The fourth-order valence-electron chi connectivity index (χ4n) is 2.81. The minimum absolute atomic E-state index is 0.371. The number of nitrogens with one attached hydrogen (secondary N) is 1. The molecule has 0 unspecified atom stereocenters. The van der Waals surface area contributed by atoms with E-state index in [0.29, 0.717) is 32.7 Å². The second kappa shape index (κ2) is 6.15. The van der Waals surface area contributed by atoms with Crippen molar-refractivity contribution in [2.45, 2.75) is 6.54 Å². The Labute approximate surface area is 161 Å². The van der Waals surface area contributed by atoms with Crippen molar-refractivity contribution in [3.8, 4) is 0 Å². The van der Waals surface area contributed by atoms with Gasteiger partial charge < -0.3 is 5.32 Å². The smallest absolute Gasteiger partial charge is 0.332 e. The molecule has 7 nitrogen and oxygen atoms in total. The number of imidazole rings is 1. The highest BCUT2D eigenvalue weighted by Crippen LogP contribution is 2.26. The second-order valence-electron chi connectivity index (χ2n) is 5.82. The lowest BCUT2D eigenvalue weighted by atomic mass is 10.3. The first-order chi connectivity index (χ1) is 12.4. The molecule has 0 saturated carbocycles. The number of rotatable bonds is 3. The van der Waals surface area contributed by atoms with Crippen molar-refractivity contribution < 1.29 is 0 Å². The number of anilines is 1. The summed E-state index contributed by atoms with van der Waals surface area (Å²) in [5.74, 6) is 0. The highest BCUT2D eigenvalue weighted by molar-refractivity contribution is 7.15. The lowest BCUT2D eigenvalue weighted by Gasteiger charge is -2.08. The molecule has 134 valence electrons. The van der Waals surface area contributed by atoms with Crippen LogP contribution in [0.4, 0.5) is 5.69 Å². The molecule has 4 aromatic rings. The van der Waals surface area contributed by atoms with E-state index in [0.717, 1.165) is 15.9 Å². The van der Waals surface area contributed by atoms with Crippen molar-refractivity contribution in [1.82, 2.24) is 18.5 Å². The number of fused-ring (bicyclic) bond motifs is 3. The Morgan fingerprint density at radius 1 is 1.15 bits per heavy atom. The van der Waals surface area contributed by atoms with Crippen molar-refractivity contribution in [2.24, 2.45) is 14.1 Å². The fourth-order valence-corrected chi connectivity index (χ4v) is 4.00. The molecule has 26 heavy (non-hydrogen) atoms. The van der Waals surface area contributed by atoms with Crippen LogP contribution in [0.1, 0.15) is 5.69 Å². The highest BCUT2D eigenvalue weighted by atomic mass is 35.5. The largest absolute Gasteiger partial charge is 0.379 e. The number of halogens is 2. The van der Waals surface area contributed by atoms with Crippen LogP contribution >= 0.6 is 34.5 Å². The third kappa shape index (κ3) is 2.53. The average Bonchev–Trinajstić information content (AvgIpc) is 3.18. The van der Waals surface area contributed by atoms with Gasteiger partial charge in [0, 0.05) is 25.2 Å². The summed E-state index contributed by atoms with van der Waals surface area (Å²) in [5, 5.41) is 6.14. The molecule has 0 atom stereocenters. The van der Waals surface area contributed by atoms with Crippen LogP contribution in [0.3, 0.4) is 0 Å². The van der Waals surface area contributed by atoms with Gasteiger partial charge in [-0.1, -0.05) is 23.2 Å². The van der Waals surface area contributed by atoms with Gasteiger partial charge in [-0.25, -0.2) is 9.78 Å². The Morgan fingerprint density at radius 2 is 1.92 bits per heavy atom. The van der Waals surface area contributed by atoms with Crippen LogP contribution in [0, 0.1) is 0 Å². The Balaban J connectivity index is 1.82. The van der Waals surface area contributed by atoms with Gasteiger partial charge in [0.05, 0.1) is 22.3 Å². The first-order valence-corrected chi connectivity index (χ1v) is 9.25. The second-order valence-corrected chi connectivity index (χ2v) is 7.47. The molecule has 0 radical (unpaired) electrons. The van der Waals surface area contributed by atoms with Gasteiger partial charge in [-0.3, -0.25) is 18.3 Å². The van der Waals surface area contributed by atoms with E-state index in [9.17, 15) is 9.59 Å². The van der Waals surface area contributed by atoms with Gasteiger partial charge >= 0.3 is 5.69 Å². The summed E-state index contributed by atoms with van der Waals surface area (Å²) in [5.41, 5.74) is 1.66. The van der Waals surface area contributed by atoms with Crippen LogP contribution in [0.5, 0.6) is 0 Å². The zero-order valence-corrected chi connectivity index (χ0v) is 16.1. The highest BCUT2D eigenvalue weighted by Gasteiger charge is 2.18. The Kier molecular flexibility index (Phi) is 4.06. The van der Waals surface area contributed by atoms with Gasteiger partial charge in [0.1, 0.15) is 0 Å². The molecule has 1 aromatic carbocycles. The molecule has 10 heteroatoms. The minimum Gasteiger partial charge on any atom is -0.379 e. The lowest BCUT2D eigenvalue weighted by molar-refractivity contribution is 0.707. The molecular formula is C16H13Cl2N5O2S. The molecule has 4 rings (SSSR count). The Bertz CT molecular complexity index is 1280. The topological polar surface area (TPSA) is 73.3 Å². The number of thiazole rings is 1. The van der Waals surface area contributed by atoms with Gasteiger partial charge in [-0.15, -0.1) is 11.3 Å². The zero-order chi connectivity index (χ0) is 18.6. The summed E-state index contributed by atoms with van der Waals surface area (Å²) in [6.45, 7) is 0.454. The predicted molar refractivity (Wildman–Crippen MR) is 105 cm³/mol.